The normalized spacial score (nSPS) is 18.9. The Morgan fingerprint density at radius 1 is 1.23 bits per heavy atom. The predicted octanol–water partition coefficient (Wildman–Crippen LogP) is 2.48. The number of aromatic nitrogens is 2. The molecular weight excluding hydrogens is 272 g/mol. The minimum atomic E-state index is 0.710. The van der Waals surface area contributed by atoms with Crippen LogP contribution in [-0.4, -0.2) is 40.9 Å². The van der Waals surface area contributed by atoms with Crippen LogP contribution in [-0.2, 0) is 13.1 Å². The third kappa shape index (κ3) is 3.96. The molecule has 1 atom stereocenters. The molecule has 1 unspecified atom stereocenters. The summed E-state index contributed by atoms with van der Waals surface area (Å²) in [5, 5.41) is 7.99. The van der Waals surface area contributed by atoms with Gasteiger partial charge >= 0.3 is 0 Å². The van der Waals surface area contributed by atoms with Crippen molar-refractivity contribution in [3.63, 3.8) is 0 Å². The predicted molar refractivity (Wildman–Crippen MR) is 89.8 cm³/mol. The van der Waals surface area contributed by atoms with Crippen LogP contribution < -0.4 is 5.32 Å². The molecule has 1 aromatic heterocycles. The second-order valence-corrected chi connectivity index (χ2v) is 6.04. The van der Waals surface area contributed by atoms with Crippen molar-refractivity contribution in [1.29, 1.82) is 0 Å². The second-order valence-electron chi connectivity index (χ2n) is 6.04. The molecule has 0 amide bonds. The Bertz CT molecular complexity index is 563. The van der Waals surface area contributed by atoms with Gasteiger partial charge in [0.1, 0.15) is 0 Å². The fraction of sp³-hybridized carbons (Fsp3) is 0.500. The topological polar surface area (TPSA) is 33.1 Å². The van der Waals surface area contributed by atoms with Crippen molar-refractivity contribution in [2.75, 3.05) is 26.2 Å². The highest BCUT2D eigenvalue weighted by molar-refractivity contribution is 5.20. The Kier molecular flexibility index (Phi) is 5.24. The highest BCUT2D eigenvalue weighted by Gasteiger charge is 2.22. The minimum Gasteiger partial charge on any atom is -0.310 e. The maximum Gasteiger partial charge on any atom is 0.0762 e. The Morgan fingerprint density at radius 3 is 2.86 bits per heavy atom. The van der Waals surface area contributed by atoms with Gasteiger partial charge in [-0.1, -0.05) is 30.3 Å². The third-order valence-corrected chi connectivity index (χ3v) is 4.47. The summed E-state index contributed by atoms with van der Waals surface area (Å²) >= 11 is 0. The van der Waals surface area contributed by atoms with Gasteiger partial charge in [-0.3, -0.25) is 4.68 Å². The van der Waals surface area contributed by atoms with Gasteiger partial charge in [0.2, 0.25) is 0 Å². The van der Waals surface area contributed by atoms with E-state index in [2.05, 4.69) is 58.6 Å². The molecule has 1 saturated heterocycles. The summed E-state index contributed by atoms with van der Waals surface area (Å²) in [6.07, 6.45) is 3.33. The molecule has 2 aromatic rings. The summed E-state index contributed by atoms with van der Waals surface area (Å²) in [6.45, 7) is 8.47. The van der Waals surface area contributed by atoms with Gasteiger partial charge in [0.25, 0.3) is 0 Å². The third-order valence-electron chi connectivity index (χ3n) is 4.47. The van der Waals surface area contributed by atoms with Crippen molar-refractivity contribution < 1.29 is 0 Å². The van der Waals surface area contributed by atoms with E-state index in [9.17, 15) is 0 Å². The molecule has 2 heterocycles. The van der Waals surface area contributed by atoms with Crippen LogP contribution in [0.1, 0.15) is 30.5 Å². The fourth-order valence-corrected chi connectivity index (χ4v) is 3.16. The lowest BCUT2D eigenvalue weighted by molar-refractivity contribution is 0.331. The van der Waals surface area contributed by atoms with E-state index in [1.54, 1.807) is 0 Å². The van der Waals surface area contributed by atoms with E-state index in [-0.39, 0.29) is 0 Å². The van der Waals surface area contributed by atoms with E-state index < -0.39 is 0 Å². The maximum atomic E-state index is 4.49. The number of nitrogens with one attached hydrogen (secondary N) is 1. The Hall–Kier alpha value is -1.65. The summed E-state index contributed by atoms with van der Waals surface area (Å²) in [5.41, 5.74) is 2.62. The maximum absolute atomic E-state index is 4.49. The Balaban J connectivity index is 1.36. The lowest BCUT2D eigenvalue weighted by Gasteiger charge is -2.16. The monoisotopic (exact) mass is 298 g/mol. The van der Waals surface area contributed by atoms with Crippen LogP contribution in [0.4, 0.5) is 0 Å². The van der Waals surface area contributed by atoms with Crippen molar-refractivity contribution in [3.8, 4) is 0 Å². The van der Waals surface area contributed by atoms with Crippen LogP contribution in [0.2, 0.25) is 0 Å². The number of benzene rings is 1. The molecule has 22 heavy (non-hydrogen) atoms. The lowest BCUT2D eigenvalue weighted by Crippen LogP contribution is -2.30. The highest BCUT2D eigenvalue weighted by Crippen LogP contribution is 2.26. The number of hydrogen-bond donors (Lipinski definition) is 1. The van der Waals surface area contributed by atoms with E-state index >= 15 is 0 Å². The molecule has 1 aliphatic heterocycles. The number of aryl methyl sites for hydroxylation is 1. The molecule has 4 nitrogen and oxygen atoms in total. The molecule has 1 aromatic carbocycles. The second kappa shape index (κ2) is 7.56. The number of likely N-dealkylation sites (tertiary alicyclic amines) is 1. The molecule has 4 heteroatoms. The van der Waals surface area contributed by atoms with Crippen molar-refractivity contribution in [2.24, 2.45) is 0 Å². The van der Waals surface area contributed by atoms with E-state index in [1.165, 1.54) is 25.1 Å². The fourth-order valence-electron chi connectivity index (χ4n) is 3.16. The zero-order valence-electron chi connectivity index (χ0n) is 13.4. The molecule has 0 radical (unpaired) electrons. The average molecular weight is 298 g/mol. The first-order valence-corrected chi connectivity index (χ1v) is 8.35. The molecule has 0 bridgehead atoms. The van der Waals surface area contributed by atoms with Crippen LogP contribution in [0.5, 0.6) is 0 Å². The molecule has 1 fully saturated rings. The zero-order valence-corrected chi connectivity index (χ0v) is 13.4. The van der Waals surface area contributed by atoms with Gasteiger partial charge in [-0.05, 0) is 37.4 Å². The van der Waals surface area contributed by atoms with Crippen LogP contribution in [0.3, 0.4) is 0 Å². The van der Waals surface area contributed by atoms with E-state index in [4.69, 9.17) is 0 Å². The lowest BCUT2D eigenvalue weighted by atomic mass is 9.99. The first-order valence-electron chi connectivity index (χ1n) is 8.35. The number of hydrogen-bond acceptors (Lipinski definition) is 3. The van der Waals surface area contributed by atoms with E-state index in [0.29, 0.717) is 5.92 Å². The van der Waals surface area contributed by atoms with E-state index in [0.717, 1.165) is 31.9 Å². The smallest absolute Gasteiger partial charge is 0.0762 e. The van der Waals surface area contributed by atoms with Crippen molar-refractivity contribution in [1.82, 2.24) is 20.0 Å². The van der Waals surface area contributed by atoms with Gasteiger partial charge in [-0.15, -0.1) is 0 Å². The quantitative estimate of drug-likeness (QED) is 0.797. The van der Waals surface area contributed by atoms with Gasteiger partial charge in [-0.2, -0.15) is 5.10 Å². The summed E-state index contributed by atoms with van der Waals surface area (Å²) < 4.78 is 1.97. The first-order chi connectivity index (χ1) is 10.8. The molecule has 3 rings (SSSR count). The largest absolute Gasteiger partial charge is 0.310 e. The van der Waals surface area contributed by atoms with Gasteiger partial charge in [0, 0.05) is 38.9 Å². The molecule has 0 saturated carbocycles. The molecule has 118 valence electrons. The molecule has 0 aliphatic carbocycles. The van der Waals surface area contributed by atoms with Crippen LogP contribution in [0.15, 0.2) is 42.6 Å². The number of rotatable bonds is 7. The molecular formula is C18H26N4. The average Bonchev–Trinajstić information content (AvgIpc) is 3.22. The molecule has 1 N–H and O–H groups in total. The van der Waals surface area contributed by atoms with Crippen LogP contribution in [0.25, 0.3) is 0 Å². The summed E-state index contributed by atoms with van der Waals surface area (Å²) in [7, 11) is 0. The Morgan fingerprint density at radius 2 is 2.09 bits per heavy atom. The first kappa shape index (κ1) is 15.3. The van der Waals surface area contributed by atoms with Crippen molar-refractivity contribution >= 4 is 0 Å². The summed E-state index contributed by atoms with van der Waals surface area (Å²) in [5.74, 6) is 0.710. The Labute approximate surface area is 133 Å². The standard InChI is InChI=1S/C18H26N4/c1-2-22-12-9-18(20-22)14-19-10-13-21-11-8-17(15-21)16-6-4-3-5-7-16/h3-7,9,12,17,19H,2,8,10-11,13-15H2,1H3. The van der Waals surface area contributed by atoms with Gasteiger partial charge in [0.15, 0.2) is 0 Å². The molecule has 0 spiro atoms. The van der Waals surface area contributed by atoms with Crippen LogP contribution in [0, 0.1) is 0 Å². The van der Waals surface area contributed by atoms with Gasteiger partial charge in [0.05, 0.1) is 5.69 Å². The summed E-state index contributed by atoms with van der Waals surface area (Å²) in [4.78, 5) is 2.56. The van der Waals surface area contributed by atoms with Crippen LogP contribution >= 0.6 is 0 Å². The highest BCUT2D eigenvalue weighted by atomic mass is 15.3. The molecule has 1 aliphatic rings. The van der Waals surface area contributed by atoms with Crippen molar-refractivity contribution in [2.45, 2.75) is 32.4 Å². The van der Waals surface area contributed by atoms with E-state index in [1.807, 2.05) is 10.9 Å². The van der Waals surface area contributed by atoms with Gasteiger partial charge < -0.3 is 10.2 Å². The minimum absolute atomic E-state index is 0.710. The van der Waals surface area contributed by atoms with Gasteiger partial charge in [-0.25, -0.2) is 0 Å². The van der Waals surface area contributed by atoms with Crippen molar-refractivity contribution in [3.05, 3.63) is 53.9 Å². The summed E-state index contributed by atoms with van der Waals surface area (Å²) in [6, 6.07) is 13.0. The zero-order chi connectivity index (χ0) is 15.2. The number of nitrogens with zero attached hydrogens (tertiary/aromatic N) is 3. The SMILES string of the molecule is CCn1ccc(CNCCN2CCC(c3ccccc3)C2)n1.